The summed E-state index contributed by atoms with van der Waals surface area (Å²) >= 11 is 5.89. The summed E-state index contributed by atoms with van der Waals surface area (Å²) in [5.41, 5.74) is 1.97. The molecule has 0 aliphatic heterocycles. The maximum atomic E-state index is 12.0. The van der Waals surface area contributed by atoms with Crippen LogP contribution in [0.5, 0.6) is 5.75 Å². The average Bonchev–Trinajstić information content (AvgIpc) is 3.16. The number of para-hydroxylation sites is 1. The Morgan fingerprint density at radius 2 is 1.93 bits per heavy atom. The molecule has 0 radical (unpaired) electrons. The Bertz CT molecular complexity index is 890. The van der Waals surface area contributed by atoms with E-state index in [0.29, 0.717) is 36.1 Å². The van der Waals surface area contributed by atoms with Gasteiger partial charge in [0.05, 0.1) is 13.3 Å². The van der Waals surface area contributed by atoms with Gasteiger partial charge in [0.25, 0.3) is 0 Å². The SMILES string of the molecule is COc1ccccc1CCNC(=O)CCc1ncc(-c2ccc(Cl)cc2)o1. The molecule has 0 atom stereocenters. The molecule has 0 saturated carbocycles. The van der Waals surface area contributed by atoms with Gasteiger partial charge >= 0.3 is 0 Å². The standard InChI is InChI=1S/C21H21ClN2O3/c1-26-18-5-3-2-4-15(18)12-13-23-20(25)10-11-21-24-14-19(27-21)16-6-8-17(22)9-7-16/h2-9,14H,10-13H2,1H3,(H,23,25). The fraction of sp³-hybridized carbons (Fsp3) is 0.238. The summed E-state index contributed by atoms with van der Waals surface area (Å²) in [6.07, 6.45) is 3.16. The molecule has 3 aromatic rings. The van der Waals surface area contributed by atoms with Crippen LogP contribution in [0.2, 0.25) is 5.02 Å². The number of hydrogen-bond acceptors (Lipinski definition) is 4. The van der Waals surface area contributed by atoms with Gasteiger partial charge in [-0.2, -0.15) is 0 Å². The third kappa shape index (κ3) is 5.34. The number of aromatic nitrogens is 1. The number of benzene rings is 2. The molecule has 0 unspecified atom stereocenters. The minimum atomic E-state index is -0.0314. The van der Waals surface area contributed by atoms with Crippen molar-refractivity contribution in [2.45, 2.75) is 19.3 Å². The molecule has 0 aliphatic carbocycles. The molecule has 1 heterocycles. The average molecular weight is 385 g/mol. The molecule has 1 N–H and O–H groups in total. The van der Waals surface area contributed by atoms with Crippen LogP contribution in [0, 0.1) is 0 Å². The number of halogens is 1. The first kappa shape index (κ1) is 19.0. The van der Waals surface area contributed by atoms with Gasteiger partial charge in [0.2, 0.25) is 5.91 Å². The number of amides is 1. The molecule has 140 valence electrons. The number of oxazole rings is 1. The van der Waals surface area contributed by atoms with E-state index in [1.807, 2.05) is 36.4 Å². The zero-order valence-electron chi connectivity index (χ0n) is 15.1. The van der Waals surface area contributed by atoms with Gasteiger partial charge in [-0.3, -0.25) is 4.79 Å². The van der Waals surface area contributed by atoms with Crippen molar-refractivity contribution in [3.63, 3.8) is 0 Å². The van der Waals surface area contributed by atoms with Crippen molar-refractivity contribution in [1.82, 2.24) is 10.3 Å². The molecular weight excluding hydrogens is 364 g/mol. The number of ether oxygens (including phenoxy) is 1. The number of rotatable bonds is 8. The van der Waals surface area contributed by atoms with Crippen molar-refractivity contribution in [2.24, 2.45) is 0 Å². The van der Waals surface area contributed by atoms with Crippen LogP contribution in [0.1, 0.15) is 17.9 Å². The molecule has 3 rings (SSSR count). The predicted molar refractivity (Wildman–Crippen MR) is 105 cm³/mol. The highest BCUT2D eigenvalue weighted by atomic mass is 35.5. The second-order valence-electron chi connectivity index (χ2n) is 6.04. The molecule has 2 aromatic carbocycles. The molecular formula is C21H21ClN2O3. The van der Waals surface area contributed by atoms with Crippen LogP contribution in [0.4, 0.5) is 0 Å². The number of carbonyl (C=O) groups is 1. The highest BCUT2D eigenvalue weighted by Crippen LogP contribution is 2.22. The van der Waals surface area contributed by atoms with Crippen LogP contribution in [-0.4, -0.2) is 24.5 Å². The van der Waals surface area contributed by atoms with Crippen molar-refractivity contribution in [3.8, 4) is 17.1 Å². The van der Waals surface area contributed by atoms with E-state index in [1.165, 1.54) is 0 Å². The number of hydrogen-bond donors (Lipinski definition) is 1. The van der Waals surface area contributed by atoms with E-state index in [2.05, 4.69) is 10.3 Å². The largest absolute Gasteiger partial charge is 0.496 e. The van der Waals surface area contributed by atoms with Gasteiger partial charge in [0.15, 0.2) is 11.7 Å². The molecule has 0 fully saturated rings. The van der Waals surface area contributed by atoms with Gasteiger partial charge in [0.1, 0.15) is 5.75 Å². The van der Waals surface area contributed by atoms with Crippen LogP contribution < -0.4 is 10.1 Å². The Morgan fingerprint density at radius 3 is 2.70 bits per heavy atom. The zero-order chi connectivity index (χ0) is 19.1. The minimum Gasteiger partial charge on any atom is -0.496 e. The summed E-state index contributed by atoms with van der Waals surface area (Å²) in [5, 5.41) is 3.59. The van der Waals surface area contributed by atoms with Crippen LogP contribution >= 0.6 is 11.6 Å². The number of nitrogens with one attached hydrogen (secondary N) is 1. The smallest absolute Gasteiger partial charge is 0.220 e. The van der Waals surface area contributed by atoms with Gasteiger partial charge in [-0.1, -0.05) is 29.8 Å². The Kier molecular flexibility index (Phi) is 6.49. The maximum Gasteiger partial charge on any atom is 0.220 e. The first-order valence-electron chi connectivity index (χ1n) is 8.75. The van der Waals surface area contributed by atoms with E-state index >= 15 is 0 Å². The van der Waals surface area contributed by atoms with Crippen molar-refractivity contribution >= 4 is 17.5 Å². The molecule has 1 amide bonds. The van der Waals surface area contributed by atoms with E-state index in [9.17, 15) is 4.79 Å². The molecule has 0 bridgehead atoms. The van der Waals surface area contributed by atoms with E-state index in [0.717, 1.165) is 23.3 Å². The summed E-state index contributed by atoms with van der Waals surface area (Å²) in [5.74, 6) is 2.01. The molecule has 0 saturated heterocycles. The summed E-state index contributed by atoms with van der Waals surface area (Å²) in [6.45, 7) is 0.556. The van der Waals surface area contributed by atoms with Crippen LogP contribution in [0.25, 0.3) is 11.3 Å². The van der Waals surface area contributed by atoms with Crippen LogP contribution in [0.3, 0.4) is 0 Å². The van der Waals surface area contributed by atoms with Gasteiger partial charge in [0, 0.05) is 30.0 Å². The molecule has 0 aliphatic rings. The summed E-state index contributed by atoms with van der Waals surface area (Å²) in [7, 11) is 1.64. The zero-order valence-corrected chi connectivity index (χ0v) is 15.8. The van der Waals surface area contributed by atoms with Gasteiger partial charge in [-0.25, -0.2) is 4.98 Å². The summed E-state index contributed by atoms with van der Waals surface area (Å²) < 4.78 is 11.0. The van der Waals surface area contributed by atoms with Gasteiger partial charge in [-0.15, -0.1) is 0 Å². The monoisotopic (exact) mass is 384 g/mol. The van der Waals surface area contributed by atoms with Crippen molar-refractivity contribution in [3.05, 3.63) is 71.2 Å². The Balaban J connectivity index is 1.45. The minimum absolute atomic E-state index is 0.0314. The molecule has 0 spiro atoms. The lowest BCUT2D eigenvalue weighted by atomic mass is 10.1. The van der Waals surface area contributed by atoms with E-state index in [1.54, 1.807) is 25.4 Å². The third-order valence-electron chi connectivity index (χ3n) is 4.16. The van der Waals surface area contributed by atoms with Gasteiger partial charge in [-0.05, 0) is 42.3 Å². The normalized spacial score (nSPS) is 10.6. The van der Waals surface area contributed by atoms with Crippen LogP contribution in [-0.2, 0) is 17.6 Å². The fourth-order valence-corrected chi connectivity index (χ4v) is 2.85. The van der Waals surface area contributed by atoms with Gasteiger partial charge < -0.3 is 14.5 Å². The number of nitrogens with zero attached hydrogens (tertiary/aromatic N) is 1. The number of carbonyl (C=O) groups excluding carboxylic acids is 1. The molecule has 5 nitrogen and oxygen atoms in total. The van der Waals surface area contributed by atoms with Crippen molar-refractivity contribution in [2.75, 3.05) is 13.7 Å². The summed E-state index contributed by atoms with van der Waals surface area (Å²) in [4.78, 5) is 16.3. The number of aryl methyl sites for hydroxylation is 1. The second kappa shape index (κ2) is 9.24. The van der Waals surface area contributed by atoms with Crippen LogP contribution in [0.15, 0.2) is 59.1 Å². The first-order chi connectivity index (χ1) is 13.2. The van der Waals surface area contributed by atoms with E-state index in [4.69, 9.17) is 20.8 Å². The quantitative estimate of drug-likeness (QED) is 0.629. The lowest BCUT2D eigenvalue weighted by Crippen LogP contribution is -2.26. The highest BCUT2D eigenvalue weighted by molar-refractivity contribution is 6.30. The van der Waals surface area contributed by atoms with E-state index in [-0.39, 0.29) is 5.91 Å². The predicted octanol–water partition coefficient (Wildman–Crippen LogP) is 4.30. The number of methoxy groups -OCH3 is 1. The maximum absolute atomic E-state index is 12.0. The van der Waals surface area contributed by atoms with Crippen molar-refractivity contribution in [1.29, 1.82) is 0 Å². The first-order valence-corrected chi connectivity index (χ1v) is 9.13. The lowest BCUT2D eigenvalue weighted by molar-refractivity contribution is -0.121. The summed E-state index contributed by atoms with van der Waals surface area (Å²) in [6, 6.07) is 15.1. The van der Waals surface area contributed by atoms with E-state index < -0.39 is 0 Å². The third-order valence-corrected chi connectivity index (χ3v) is 4.41. The Hall–Kier alpha value is -2.79. The topological polar surface area (TPSA) is 64.4 Å². The fourth-order valence-electron chi connectivity index (χ4n) is 2.73. The molecule has 27 heavy (non-hydrogen) atoms. The lowest BCUT2D eigenvalue weighted by Gasteiger charge is -2.08. The second-order valence-corrected chi connectivity index (χ2v) is 6.47. The highest BCUT2D eigenvalue weighted by Gasteiger charge is 2.09. The molecule has 6 heteroatoms. The Labute approximate surface area is 163 Å². The molecule has 1 aromatic heterocycles. The van der Waals surface area contributed by atoms with Crippen molar-refractivity contribution < 1.29 is 13.9 Å². The Morgan fingerprint density at radius 1 is 1.15 bits per heavy atom.